The molecule has 0 aromatic carbocycles. The monoisotopic (exact) mass is 520 g/mol. The molecule has 0 spiro atoms. The van der Waals surface area contributed by atoms with E-state index in [1.165, 1.54) is 24.5 Å². The van der Waals surface area contributed by atoms with Gasteiger partial charge in [0.05, 0.1) is 17.1 Å². The molecule has 0 amide bonds. The van der Waals surface area contributed by atoms with E-state index in [9.17, 15) is 4.39 Å². The zero-order valence-corrected chi connectivity index (χ0v) is 23.5. The Morgan fingerprint density at radius 3 is 2.74 bits per heavy atom. The molecule has 4 N–H and O–H groups in total. The van der Waals surface area contributed by atoms with Gasteiger partial charge in [-0.2, -0.15) is 5.10 Å². The van der Waals surface area contributed by atoms with Crippen molar-refractivity contribution in [1.29, 1.82) is 0 Å². The van der Waals surface area contributed by atoms with Crippen LogP contribution in [0.15, 0.2) is 57.7 Å². The molecule has 3 aliphatic rings. The molecule has 1 saturated carbocycles. The Balaban J connectivity index is 1.49. The Hall–Kier alpha value is -2.64. The number of pyridine rings is 1. The fourth-order valence-electron chi connectivity index (χ4n) is 6.34. The van der Waals surface area contributed by atoms with Gasteiger partial charge in [0, 0.05) is 43.9 Å². The van der Waals surface area contributed by atoms with Crippen molar-refractivity contribution in [1.82, 2.24) is 15.7 Å². The molecule has 6 atom stereocenters. The van der Waals surface area contributed by atoms with Crippen molar-refractivity contribution in [3.05, 3.63) is 64.8 Å². The first kappa shape index (κ1) is 28.4. The zero-order valence-electron chi connectivity index (χ0n) is 23.5. The summed E-state index contributed by atoms with van der Waals surface area (Å²) >= 11 is 0. The summed E-state index contributed by atoms with van der Waals surface area (Å²) in [5, 5.41) is 8.55. The van der Waals surface area contributed by atoms with Gasteiger partial charge in [-0.05, 0) is 86.6 Å². The van der Waals surface area contributed by atoms with E-state index in [-0.39, 0.29) is 23.8 Å². The maximum absolute atomic E-state index is 13.8. The molecule has 1 aromatic heterocycles. The third kappa shape index (κ3) is 6.49. The largest absolute Gasteiger partial charge is 0.327 e. The highest BCUT2D eigenvalue weighted by molar-refractivity contribution is 6.02. The maximum Gasteiger partial charge on any atom is 0.144 e. The molecule has 0 radical (unpaired) electrons. The number of nitrogens with zero attached hydrogens (tertiary/aromatic N) is 3. The number of hydrogen-bond acceptors (Lipinski definition) is 6. The Morgan fingerprint density at radius 1 is 1.24 bits per heavy atom. The van der Waals surface area contributed by atoms with E-state index >= 15 is 0 Å². The number of rotatable bonds is 8. The smallest absolute Gasteiger partial charge is 0.144 e. The van der Waals surface area contributed by atoms with Gasteiger partial charge in [-0.3, -0.25) is 4.99 Å². The predicted octanol–water partition coefficient (Wildman–Crippen LogP) is 5.25. The quantitative estimate of drug-likeness (QED) is 0.323. The van der Waals surface area contributed by atoms with Crippen LogP contribution in [0.4, 0.5) is 4.39 Å². The molecule has 4 unspecified atom stereocenters. The summed E-state index contributed by atoms with van der Waals surface area (Å²) in [5.74, 6) is 0.788. The summed E-state index contributed by atoms with van der Waals surface area (Å²) < 4.78 is 13.8. The number of hydrazone groups is 1. The number of aromatic nitrogens is 1. The fraction of sp³-hybridized carbons (Fsp3) is 0.581. The zero-order chi connectivity index (χ0) is 27.2. The van der Waals surface area contributed by atoms with Gasteiger partial charge < -0.3 is 16.5 Å². The minimum atomic E-state index is -0.284. The normalized spacial score (nSPS) is 30.8. The van der Waals surface area contributed by atoms with Crippen LogP contribution in [0.5, 0.6) is 0 Å². The molecule has 4 rings (SSSR count). The molecule has 3 heterocycles. The molecule has 1 aromatic rings. The van der Waals surface area contributed by atoms with Gasteiger partial charge >= 0.3 is 0 Å². The second-order valence-corrected chi connectivity index (χ2v) is 11.3. The molecular weight excluding hydrogens is 475 g/mol. The molecule has 1 aliphatic carbocycles. The summed E-state index contributed by atoms with van der Waals surface area (Å²) in [6, 6.07) is 4.03. The van der Waals surface area contributed by atoms with E-state index < -0.39 is 0 Å². The minimum absolute atomic E-state index is 0.191. The van der Waals surface area contributed by atoms with Crippen molar-refractivity contribution in [3.63, 3.8) is 0 Å². The molecule has 2 aliphatic heterocycles. The van der Waals surface area contributed by atoms with E-state index in [0.29, 0.717) is 23.6 Å². The molecule has 1 saturated heterocycles. The predicted molar refractivity (Wildman–Crippen MR) is 156 cm³/mol. The minimum Gasteiger partial charge on any atom is -0.327 e. The van der Waals surface area contributed by atoms with Crippen molar-refractivity contribution >= 4 is 11.9 Å². The van der Waals surface area contributed by atoms with Crippen molar-refractivity contribution in [2.45, 2.75) is 83.8 Å². The summed E-state index contributed by atoms with van der Waals surface area (Å²) in [5.41, 5.74) is 15.3. The summed E-state index contributed by atoms with van der Waals surface area (Å²) in [7, 11) is 1.83. The first-order chi connectivity index (χ1) is 18.3. The van der Waals surface area contributed by atoms with E-state index in [1.807, 2.05) is 13.3 Å². The van der Waals surface area contributed by atoms with Crippen molar-refractivity contribution < 1.29 is 4.39 Å². The van der Waals surface area contributed by atoms with Gasteiger partial charge in [0.2, 0.25) is 0 Å². The lowest BCUT2D eigenvalue weighted by atomic mass is 9.78. The number of allylic oxidation sites excluding steroid dienone is 3. The van der Waals surface area contributed by atoms with Crippen LogP contribution < -0.4 is 16.5 Å². The topological polar surface area (TPSA) is 87.7 Å². The Morgan fingerprint density at radius 2 is 2.03 bits per heavy atom. The van der Waals surface area contributed by atoms with Gasteiger partial charge in [-0.25, -0.2) is 9.37 Å². The van der Waals surface area contributed by atoms with Crippen molar-refractivity contribution in [2.24, 2.45) is 33.6 Å². The molecule has 6 nitrogen and oxygen atoms in total. The lowest BCUT2D eigenvalue weighted by Gasteiger charge is -2.39. The van der Waals surface area contributed by atoms with Crippen LogP contribution in [-0.4, -0.2) is 48.6 Å². The number of hydrogen-bond donors (Lipinski definition) is 3. The Labute approximate surface area is 227 Å². The number of piperidine rings is 1. The van der Waals surface area contributed by atoms with Crippen LogP contribution in [0, 0.1) is 30.5 Å². The molecule has 7 heteroatoms. The molecular formula is C31H45FN6. The van der Waals surface area contributed by atoms with Gasteiger partial charge in [0.1, 0.15) is 5.82 Å². The van der Waals surface area contributed by atoms with Crippen LogP contribution in [0.2, 0.25) is 0 Å². The Kier molecular flexibility index (Phi) is 9.66. The second-order valence-electron chi connectivity index (χ2n) is 11.3. The molecule has 2 fully saturated rings. The molecule has 0 bridgehead atoms. The average Bonchev–Trinajstić information content (AvgIpc) is 3.40. The van der Waals surface area contributed by atoms with E-state index in [1.54, 1.807) is 13.0 Å². The third-order valence-electron chi connectivity index (χ3n) is 8.74. The van der Waals surface area contributed by atoms with Gasteiger partial charge in [-0.15, -0.1) is 0 Å². The van der Waals surface area contributed by atoms with Crippen LogP contribution in [0.25, 0.3) is 0 Å². The fourth-order valence-corrected chi connectivity index (χ4v) is 6.34. The highest BCUT2D eigenvalue weighted by atomic mass is 19.1. The third-order valence-corrected chi connectivity index (χ3v) is 8.74. The first-order valence-electron chi connectivity index (χ1n) is 14.3. The van der Waals surface area contributed by atoms with E-state index in [4.69, 9.17) is 5.73 Å². The van der Waals surface area contributed by atoms with Gasteiger partial charge in [0.25, 0.3) is 0 Å². The first-order valence-corrected chi connectivity index (χ1v) is 14.3. The van der Waals surface area contributed by atoms with E-state index in [0.717, 1.165) is 61.2 Å². The number of nitrogens with two attached hydrogens (primary N) is 1. The number of nitrogens with one attached hydrogen (secondary N) is 2. The van der Waals surface area contributed by atoms with Gasteiger partial charge in [-0.1, -0.05) is 38.5 Å². The SMILES string of the molecule is C=C(/C=C(C=NC)/C(=C/C)CC1NC(C2CNN=C2c2ccc(F)c(C)n2)CCC1C)[C@@H]1CCCC[C@H]1N. The van der Waals surface area contributed by atoms with Crippen LogP contribution in [0.3, 0.4) is 0 Å². The molecule has 38 heavy (non-hydrogen) atoms. The standard InChI is InChI=1S/C31H45FN6/c1-6-22(23(17-34-5)15-20(3)24-9-7-8-10-27(24)33)16-30-19(2)11-13-28(37-30)25-18-35-38-31(25)29-14-12-26(32)21(4)36-29/h6,12,14-15,17,19,24-25,27-28,30,35,37H,3,7-11,13,16,18,33H2,1-2,4-5H3/b22-6+,23-15+,34-17?/t19?,24-,25?,27+,28?,30?/m0/s1. The lowest BCUT2D eigenvalue weighted by molar-refractivity contribution is 0.221. The van der Waals surface area contributed by atoms with Gasteiger partial charge in [0.15, 0.2) is 0 Å². The van der Waals surface area contributed by atoms with Crippen LogP contribution >= 0.6 is 0 Å². The number of halogens is 1. The van der Waals surface area contributed by atoms with Crippen LogP contribution in [0.1, 0.15) is 70.2 Å². The lowest BCUT2D eigenvalue weighted by Crippen LogP contribution is -2.52. The van der Waals surface area contributed by atoms with Crippen LogP contribution in [-0.2, 0) is 0 Å². The summed E-state index contributed by atoms with van der Waals surface area (Å²) in [6.45, 7) is 11.3. The average molecular weight is 521 g/mol. The highest BCUT2D eigenvalue weighted by Gasteiger charge is 2.37. The number of aliphatic imine (C=N–C) groups is 1. The maximum atomic E-state index is 13.8. The summed E-state index contributed by atoms with van der Waals surface area (Å²) in [4.78, 5) is 8.87. The summed E-state index contributed by atoms with van der Waals surface area (Å²) in [6.07, 6.45) is 14.2. The molecule has 206 valence electrons. The Bertz CT molecular complexity index is 1120. The van der Waals surface area contributed by atoms with Crippen molar-refractivity contribution in [2.75, 3.05) is 13.6 Å². The van der Waals surface area contributed by atoms with Crippen molar-refractivity contribution in [3.8, 4) is 0 Å². The van der Waals surface area contributed by atoms with E-state index in [2.05, 4.69) is 58.4 Å². The number of aryl methyl sites for hydroxylation is 1. The highest BCUT2D eigenvalue weighted by Crippen LogP contribution is 2.33. The second kappa shape index (κ2) is 12.9.